The number of anilines is 1. The van der Waals surface area contributed by atoms with E-state index in [-0.39, 0.29) is 18.4 Å². The number of carboxylic acid groups (broad SMARTS) is 1. The molecule has 2 aromatic heterocycles. The molecule has 128 valence electrons. The first-order valence-electron chi connectivity index (χ1n) is 7.99. The lowest BCUT2D eigenvalue weighted by Gasteiger charge is -2.20. The zero-order valence-electron chi connectivity index (χ0n) is 13.5. The number of hydrogen-bond acceptors (Lipinski definition) is 5. The van der Waals surface area contributed by atoms with E-state index in [0.29, 0.717) is 11.5 Å². The van der Waals surface area contributed by atoms with Crippen LogP contribution in [0, 0.1) is 0 Å². The largest absolute Gasteiger partial charge is 0.480 e. The summed E-state index contributed by atoms with van der Waals surface area (Å²) in [4.78, 5) is 27.1. The van der Waals surface area contributed by atoms with Crippen molar-refractivity contribution in [3.8, 4) is 0 Å². The number of carbonyl (C=O) groups is 2. The van der Waals surface area contributed by atoms with Crippen LogP contribution in [0.15, 0.2) is 12.5 Å². The van der Waals surface area contributed by atoms with Crippen LogP contribution in [-0.4, -0.2) is 41.5 Å². The molecular formula is C15H20N6O3. The van der Waals surface area contributed by atoms with Crippen LogP contribution < -0.4 is 5.32 Å². The summed E-state index contributed by atoms with van der Waals surface area (Å²) in [6, 6.07) is 0. The number of nitrogens with one attached hydrogen (secondary N) is 1. The summed E-state index contributed by atoms with van der Waals surface area (Å²) < 4.78 is 2.80. The summed E-state index contributed by atoms with van der Waals surface area (Å²) in [5, 5.41) is 19.8. The Morgan fingerprint density at radius 1 is 1.29 bits per heavy atom. The number of hydrogen-bond donors (Lipinski definition) is 2. The molecular weight excluding hydrogens is 312 g/mol. The number of amides is 1. The molecule has 0 atom stereocenters. The molecule has 0 aliphatic heterocycles. The van der Waals surface area contributed by atoms with E-state index in [0.717, 1.165) is 36.1 Å². The van der Waals surface area contributed by atoms with Crippen molar-refractivity contribution < 1.29 is 14.7 Å². The highest BCUT2D eigenvalue weighted by Crippen LogP contribution is 2.33. The number of aryl methyl sites for hydroxylation is 1. The number of nitrogens with zero attached hydrogens (tertiary/aromatic N) is 5. The minimum Gasteiger partial charge on any atom is -0.480 e. The standard InChI is InChI=1S/C15H20N6O3/c1-20-7-11(13(18-20)10-5-3-2-4-6-10)14(24)17-15-16-9-21(19-15)8-12(22)23/h7,9-10H,2-6,8H2,1H3,(H,22,23)(H,17,19,24). The van der Waals surface area contributed by atoms with Gasteiger partial charge in [0.05, 0.1) is 11.3 Å². The molecule has 1 fully saturated rings. The van der Waals surface area contributed by atoms with E-state index in [9.17, 15) is 9.59 Å². The van der Waals surface area contributed by atoms with Crippen molar-refractivity contribution in [2.24, 2.45) is 7.05 Å². The Morgan fingerprint density at radius 3 is 2.75 bits per heavy atom. The Kier molecular flexibility index (Phi) is 4.59. The van der Waals surface area contributed by atoms with E-state index in [2.05, 4.69) is 20.5 Å². The monoisotopic (exact) mass is 332 g/mol. The Balaban J connectivity index is 1.75. The lowest BCUT2D eigenvalue weighted by atomic mass is 9.85. The van der Waals surface area contributed by atoms with E-state index < -0.39 is 5.97 Å². The Labute approximate surface area is 138 Å². The highest BCUT2D eigenvalue weighted by atomic mass is 16.4. The second-order valence-electron chi connectivity index (χ2n) is 6.05. The molecule has 3 rings (SSSR count). The van der Waals surface area contributed by atoms with Gasteiger partial charge in [-0.25, -0.2) is 9.67 Å². The van der Waals surface area contributed by atoms with Crippen molar-refractivity contribution in [2.45, 2.75) is 44.6 Å². The van der Waals surface area contributed by atoms with Crippen molar-refractivity contribution >= 4 is 17.8 Å². The fourth-order valence-corrected chi connectivity index (χ4v) is 3.09. The van der Waals surface area contributed by atoms with Crippen LogP contribution in [0.2, 0.25) is 0 Å². The lowest BCUT2D eigenvalue weighted by Crippen LogP contribution is -2.17. The van der Waals surface area contributed by atoms with Crippen LogP contribution in [0.1, 0.15) is 54.1 Å². The van der Waals surface area contributed by atoms with Crippen molar-refractivity contribution in [3.05, 3.63) is 23.8 Å². The van der Waals surface area contributed by atoms with Gasteiger partial charge in [-0.1, -0.05) is 19.3 Å². The van der Waals surface area contributed by atoms with Crippen LogP contribution in [0.3, 0.4) is 0 Å². The molecule has 0 bridgehead atoms. The second-order valence-corrected chi connectivity index (χ2v) is 6.05. The van der Waals surface area contributed by atoms with Gasteiger partial charge in [0.1, 0.15) is 12.9 Å². The first-order chi connectivity index (χ1) is 11.5. The van der Waals surface area contributed by atoms with E-state index in [1.165, 1.54) is 12.7 Å². The number of aromatic nitrogens is 5. The maximum Gasteiger partial charge on any atom is 0.325 e. The molecule has 0 aromatic carbocycles. The van der Waals surface area contributed by atoms with Crippen molar-refractivity contribution in [2.75, 3.05) is 5.32 Å². The average Bonchev–Trinajstić information content (AvgIpc) is 3.14. The molecule has 9 nitrogen and oxygen atoms in total. The fraction of sp³-hybridized carbons (Fsp3) is 0.533. The minimum absolute atomic E-state index is 0.0831. The van der Waals surface area contributed by atoms with Gasteiger partial charge >= 0.3 is 5.97 Å². The lowest BCUT2D eigenvalue weighted by molar-refractivity contribution is -0.137. The van der Waals surface area contributed by atoms with E-state index in [1.54, 1.807) is 17.9 Å². The second kappa shape index (κ2) is 6.81. The zero-order valence-corrected chi connectivity index (χ0v) is 13.5. The molecule has 1 saturated carbocycles. The predicted molar refractivity (Wildman–Crippen MR) is 84.6 cm³/mol. The highest BCUT2D eigenvalue weighted by Gasteiger charge is 2.25. The van der Waals surface area contributed by atoms with E-state index >= 15 is 0 Å². The Hall–Kier alpha value is -2.71. The van der Waals surface area contributed by atoms with Gasteiger partial charge in [-0.05, 0) is 12.8 Å². The maximum atomic E-state index is 12.6. The van der Waals surface area contributed by atoms with Crippen molar-refractivity contribution in [1.29, 1.82) is 0 Å². The molecule has 2 N–H and O–H groups in total. The van der Waals surface area contributed by atoms with Gasteiger partial charge in [0.15, 0.2) is 0 Å². The quantitative estimate of drug-likeness (QED) is 0.855. The molecule has 9 heteroatoms. The zero-order chi connectivity index (χ0) is 17.1. The van der Waals surface area contributed by atoms with Crippen LogP contribution in [0.5, 0.6) is 0 Å². The number of carboxylic acids is 1. The fourth-order valence-electron chi connectivity index (χ4n) is 3.09. The maximum absolute atomic E-state index is 12.6. The van der Waals surface area contributed by atoms with Gasteiger partial charge < -0.3 is 5.11 Å². The number of carbonyl (C=O) groups excluding carboxylic acids is 1. The minimum atomic E-state index is -1.02. The molecule has 1 aliphatic carbocycles. The van der Waals surface area contributed by atoms with E-state index in [4.69, 9.17) is 5.11 Å². The molecule has 24 heavy (non-hydrogen) atoms. The van der Waals surface area contributed by atoms with Gasteiger partial charge in [-0.15, -0.1) is 5.10 Å². The SMILES string of the molecule is Cn1cc(C(=O)Nc2ncn(CC(=O)O)n2)c(C2CCCCC2)n1. The third-order valence-corrected chi connectivity index (χ3v) is 4.15. The van der Waals surface area contributed by atoms with Gasteiger partial charge in [-0.2, -0.15) is 5.10 Å². The first-order valence-corrected chi connectivity index (χ1v) is 7.99. The van der Waals surface area contributed by atoms with Gasteiger partial charge in [0, 0.05) is 19.2 Å². The highest BCUT2D eigenvalue weighted by molar-refractivity contribution is 6.04. The summed E-state index contributed by atoms with van der Waals surface area (Å²) in [5.74, 6) is -0.959. The molecule has 0 saturated heterocycles. The molecule has 1 amide bonds. The average molecular weight is 332 g/mol. The van der Waals surface area contributed by atoms with E-state index in [1.807, 2.05) is 0 Å². The van der Waals surface area contributed by atoms with Crippen LogP contribution in [0.4, 0.5) is 5.95 Å². The normalized spacial score (nSPS) is 15.4. The third kappa shape index (κ3) is 3.61. The first kappa shape index (κ1) is 16.2. The molecule has 0 radical (unpaired) electrons. The summed E-state index contributed by atoms with van der Waals surface area (Å²) in [7, 11) is 1.79. The summed E-state index contributed by atoms with van der Waals surface area (Å²) in [6.45, 7) is -0.302. The Morgan fingerprint density at radius 2 is 2.04 bits per heavy atom. The third-order valence-electron chi connectivity index (χ3n) is 4.15. The topological polar surface area (TPSA) is 115 Å². The number of aliphatic carboxylic acids is 1. The number of rotatable bonds is 5. The molecule has 1 aliphatic rings. The summed E-state index contributed by atoms with van der Waals surface area (Å²) in [5.41, 5.74) is 1.35. The molecule has 0 unspecified atom stereocenters. The van der Waals surface area contributed by atoms with Crippen LogP contribution in [-0.2, 0) is 18.4 Å². The summed E-state index contributed by atoms with van der Waals surface area (Å²) >= 11 is 0. The van der Waals surface area contributed by atoms with Crippen molar-refractivity contribution in [1.82, 2.24) is 24.5 Å². The predicted octanol–water partition coefficient (Wildman–Crippen LogP) is 1.40. The molecule has 2 aromatic rings. The Bertz CT molecular complexity index is 744. The van der Waals surface area contributed by atoms with Gasteiger partial charge in [0.2, 0.25) is 5.95 Å². The smallest absolute Gasteiger partial charge is 0.325 e. The molecule has 0 spiro atoms. The van der Waals surface area contributed by atoms with Crippen LogP contribution >= 0.6 is 0 Å². The summed E-state index contributed by atoms with van der Waals surface area (Å²) in [6.07, 6.45) is 8.61. The van der Waals surface area contributed by atoms with Gasteiger partial charge in [0.25, 0.3) is 5.91 Å². The molecule has 2 heterocycles. The van der Waals surface area contributed by atoms with Crippen LogP contribution in [0.25, 0.3) is 0 Å². The van der Waals surface area contributed by atoms with Crippen molar-refractivity contribution in [3.63, 3.8) is 0 Å². The van der Waals surface area contributed by atoms with Gasteiger partial charge in [-0.3, -0.25) is 19.6 Å².